The number of likely N-dealkylation sites (tertiary alicyclic amines) is 1. The van der Waals surface area contributed by atoms with Crippen LogP contribution in [0.3, 0.4) is 0 Å². The number of halogens is 1. The molecule has 1 saturated heterocycles. The number of carbonyl (C=O) groups is 2. The van der Waals surface area contributed by atoms with Gasteiger partial charge in [0.15, 0.2) is 0 Å². The minimum Gasteiger partial charge on any atom is -0.301 e. The predicted octanol–water partition coefficient (Wildman–Crippen LogP) is 1.06. The Hall–Kier alpha value is -1.75. The van der Waals surface area contributed by atoms with Crippen molar-refractivity contribution in [1.29, 1.82) is 0 Å². The van der Waals surface area contributed by atoms with Crippen LogP contribution in [0.25, 0.3) is 0 Å². The lowest BCUT2D eigenvalue weighted by Gasteiger charge is -2.13. The lowest BCUT2D eigenvalue weighted by Crippen LogP contribution is -2.38. The van der Waals surface area contributed by atoms with Crippen molar-refractivity contribution in [1.82, 2.24) is 10.2 Å². The summed E-state index contributed by atoms with van der Waals surface area (Å²) in [7, 11) is 0. The summed E-state index contributed by atoms with van der Waals surface area (Å²) in [6.07, 6.45) is 0.154. The SMILES string of the molecule is CCN1C(=O)CC(NCc2ccccc2F)C1=O. The number of nitrogens with one attached hydrogen (secondary N) is 1. The Morgan fingerprint density at radius 2 is 2.11 bits per heavy atom. The van der Waals surface area contributed by atoms with Crippen LogP contribution in [0, 0.1) is 5.82 Å². The van der Waals surface area contributed by atoms with E-state index in [1.54, 1.807) is 25.1 Å². The molecule has 1 aromatic rings. The second kappa shape index (κ2) is 5.27. The van der Waals surface area contributed by atoms with E-state index in [4.69, 9.17) is 0 Å². The van der Waals surface area contributed by atoms with Crippen molar-refractivity contribution >= 4 is 11.8 Å². The van der Waals surface area contributed by atoms with Crippen LogP contribution in [-0.2, 0) is 16.1 Å². The molecule has 1 aromatic carbocycles. The average Bonchev–Trinajstić information content (AvgIpc) is 2.63. The van der Waals surface area contributed by atoms with Gasteiger partial charge in [-0.15, -0.1) is 0 Å². The topological polar surface area (TPSA) is 49.4 Å². The number of amides is 2. The van der Waals surface area contributed by atoms with E-state index in [9.17, 15) is 14.0 Å². The van der Waals surface area contributed by atoms with E-state index < -0.39 is 6.04 Å². The third kappa shape index (κ3) is 2.41. The van der Waals surface area contributed by atoms with E-state index in [0.29, 0.717) is 12.1 Å². The summed E-state index contributed by atoms with van der Waals surface area (Å²) in [5.41, 5.74) is 0.493. The zero-order valence-electron chi connectivity index (χ0n) is 10.1. The predicted molar refractivity (Wildman–Crippen MR) is 64.0 cm³/mol. The Balaban J connectivity index is 1.98. The third-order valence-corrected chi connectivity index (χ3v) is 3.06. The first-order valence-corrected chi connectivity index (χ1v) is 5.94. The molecule has 1 heterocycles. The fraction of sp³-hybridized carbons (Fsp3) is 0.385. The summed E-state index contributed by atoms with van der Waals surface area (Å²) < 4.78 is 13.4. The number of hydrogen-bond donors (Lipinski definition) is 1. The van der Waals surface area contributed by atoms with Crippen LogP contribution in [-0.4, -0.2) is 29.3 Å². The molecule has 0 aromatic heterocycles. The molecule has 2 rings (SSSR count). The van der Waals surface area contributed by atoms with E-state index >= 15 is 0 Å². The van der Waals surface area contributed by atoms with Crippen LogP contribution in [0.5, 0.6) is 0 Å². The van der Waals surface area contributed by atoms with Crippen molar-refractivity contribution in [3.05, 3.63) is 35.6 Å². The number of benzene rings is 1. The summed E-state index contributed by atoms with van der Waals surface area (Å²) >= 11 is 0. The highest BCUT2D eigenvalue weighted by Gasteiger charge is 2.36. The first-order chi connectivity index (χ1) is 8.63. The monoisotopic (exact) mass is 250 g/mol. The molecule has 4 nitrogen and oxygen atoms in total. The standard InChI is InChI=1S/C13H15FN2O2/c1-2-16-12(17)7-11(13(16)18)15-8-9-5-3-4-6-10(9)14/h3-6,11,15H,2,7-8H2,1H3. The molecule has 0 spiro atoms. The molecule has 1 atom stereocenters. The average molecular weight is 250 g/mol. The van der Waals surface area contributed by atoms with Gasteiger partial charge in [-0.2, -0.15) is 0 Å². The number of nitrogens with zero attached hydrogens (tertiary/aromatic N) is 1. The fourth-order valence-electron chi connectivity index (χ4n) is 2.05. The number of likely N-dealkylation sites (N-methyl/N-ethyl adjacent to an activating group) is 1. The quantitative estimate of drug-likeness (QED) is 0.813. The zero-order chi connectivity index (χ0) is 13.1. The van der Waals surface area contributed by atoms with E-state index in [0.717, 1.165) is 0 Å². The van der Waals surface area contributed by atoms with Gasteiger partial charge in [-0.25, -0.2) is 4.39 Å². The van der Waals surface area contributed by atoms with Crippen molar-refractivity contribution in [2.75, 3.05) is 6.54 Å². The van der Waals surface area contributed by atoms with Crippen LogP contribution in [0.1, 0.15) is 18.9 Å². The highest BCUT2D eigenvalue weighted by atomic mass is 19.1. The van der Waals surface area contributed by atoms with Gasteiger partial charge >= 0.3 is 0 Å². The first-order valence-electron chi connectivity index (χ1n) is 5.94. The Labute approximate surface area is 105 Å². The van der Waals surface area contributed by atoms with Crippen LogP contribution in [0.4, 0.5) is 4.39 Å². The molecule has 1 aliphatic heterocycles. The van der Waals surface area contributed by atoms with Crippen molar-refractivity contribution < 1.29 is 14.0 Å². The van der Waals surface area contributed by atoms with Gasteiger partial charge in [-0.3, -0.25) is 14.5 Å². The molecule has 96 valence electrons. The van der Waals surface area contributed by atoms with Crippen molar-refractivity contribution in [3.8, 4) is 0 Å². The lowest BCUT2D eigenvalue weighted by molar-refractivity contribution is -0.138. The highest BCUT2D eigenvalue weighted by Crippen LogP contribution is 2.14. The summed E-state index contributed by atoms with van der Waals surface area (Å²) in [6, 6.07) is 5.84. The van der Waals surface area contributed by atoms with Gasteiger partial charge < -0.3 is 5.32 Å². The van der Waals surface area contributed by atoms with Gasteiger partial charge in [-0.1, -0.05) is 18.2 Å². The molecule has 0 bridgehead atoms. The minimum atomic E-state index is -0.531. The van der Waals surface area contributed by atoms with E-state index in [-0.39, 0.29) is 30.6 Å². The maximum atomic E-state index is 13.4. The molecule has 1 fully saturated rings. The van der Waals surface area contributed by atoms with Gasteiger partial charge in [0.1, 0.15) is 5.82 Å². The van der Waals surface area contributed by atoms with Gasteiger partial charge in [0, 0.05) is 18.7 Å². The molecule has 0 saturated carbocycles. The van der Waals surface area contributed by atoms with Crippen molar-refractivity contribution in [2.24, 2.45) is 0 Å². The van der Waals surface area contributed by atoms with Crippen molar-refractivity contribution in [2.45, 2.75) is 25.9 Å². The molecule has 1 aliphatic rings. The number of imide groups is 1. The van der Waals surface area contributed by atoms with Gasteiger partial charge in [-0.05, 0) is 13.0 Å². The maximum absolute atomic E-state index is 13.4. The Morgan fingerprint density at radius 1 is 1.39 bits per heavy atom. The number of hydrogen-bond acceptors (Lipinski definition) is 3. The maximum Gasteiger partial charge on any atom is 0.246 e. The lowest BCUT2D eigenvalue weighted by atomic mass is 10.2. The second-order valence-corrected chi connectivity index (χ2v) is 4.21. The van der Waals surface area contributed by atoms with E-state index in [2.05, 4.69) is 5.32 Å². The molecular formula is C13H15FN2O2. The largest absolute Gasteiger partial charge is 0.301 e. The minimum absolute atomic E-state index is 0.154. The fourth-order valence-corrected chi connectivity index (χ4v) is 2.05. The number of rotatable bonds is 4. The molecule has 1 unspecified atom stereocenters. The molecule has 1 N–H and O–H groups in total. The zero-order valence-corrected chi connectivity index (χ0v) is 10.1. The smallest absolute Gasteiger partial charge is 0.246 e. The molecule has 0 radical (unpaired) electrons. The summed E-state index contributed by atoms with van der Waals surface area (Å²) in [5.74, 6) is -0.707. The summed E-state index contributed by atoms with van der Waals surface area (Å²) in [6.45, 7) is 2.39. The molecule has 2 amide bonds. The Kier molecular flexibility index (Phi) is 3.72. The second-order valence-electron chi connectivity index (χ2n) is 4.21. The molecule has 0 aliphatic carbocycles. The van der Waals surface area contributed by atoms with E-state index in [1.807, 2.05) is 0 Å². The van der Waals surface area contributed by atoms with E-state index in [1.165, 1.54) is 11.0 Å². The molecular weight excluding hydrogens is 235 g/mol. The van der Waals surface area contributed by atoms with Crippen LogP contribution in [0.15, 0.2) is 24.3 Å². The van der Waals surface area contributed by atoms with Crippen LogP contribution in [0.2, 0.25) is 0 Å². The van der Waals surface area contributed by atoms with Gasteiger partial charge in [0.05, 0.1) is 12.5 Å². The van der Waals surface area contributed by atoms with Gasteiger partial charge in [0.2, 0.25) is 11.8 Å². The van der Waals surface area contributed by atoms with Crippen LogP contribution >= 0.6 is 0 Å². The third-order valence-electron chi connectivity index (χ3n) is 3.06. The normalized spacial score (nSPS) is 19.7. The molecule has 18 heavy (non-hydrogen) atoms. The summed E-state index contributed by atoms with van der Waals surface area (Å²) in [4.78, 5) is 24.5. The van der Waals surface area contributed by atoms with Gasteiger partial charge in [0.25, 0.3) is 0 Å². The summed E-state index contributed by atoms with van der Waals surface area (Å²) in [5, 5.41) is 2.93. The molecule has 5 heteroatoms. The van der Waals surface area contributed by atoms with Crippen molar-refractivity contribution in [3.63, 3.8) is 0 Å². The number of carbonyl (C=O) groups excluding carboxylic acids is 2. The van der Waals surface area contributed by atoms with Crippen LogP contribution < -0.4 is 5.32 Å². The Bertz CT molecular complexity index is 476. The first kappa shape index (κ1) is 12.7. The Morgan fingerprint density at radius 3 is 2.72 bits per heavy atom. The highest BCUT2D eigenvalue weighted by molar-refractivity contribution is 6.05.